The van der Waals surface area contributed by atoms with Crippen molar-refractivity contribution in [3.8, 4) is 11.5 Å². The predicted octanol–water partition coefficient (Wildman–Crippen LogP) is 6.98. The molecule has 0 bridgehead atoms. The Balaban J connectivity index is 1.34. The van der Waals surface area contributed by atoms with Crippen LogP contribution < -0.4 is 9.47 Å². The maximum absolute atomic E-state index is 13.6. The molecule has 7 nitrogen and oxygen atoms in total. The maximum Gasteiger partial charge on any atom is 0.323 e. The van der Waals surface area contributed by atoms with Gasteiger partial charge >= 0.3 is 11.9 Å². The third-order valence-electron chi connectivity index (χ3n) is 6.09. The molecule has 0 amide bonds. The van der Waals surface area contributed by atoms with Crippen LogP contribution in [0.3, 0.4) is 0 Å². The number of hydrogen-bond donors (Lipinski definition) is 2. The Labute approximate surface area is 240 Å². The first kappa shape index (κ1) is 29.7. The lowest BCUT2D eigenvalue weighted by Gasteiger charge is -2.09. The van der Waals surface area contributed by atoms with Gasteiger partial charge in [-0.2, -0.15) is 4.39 Å². The fourth-order valence-corrected chi connectivity index (χ4v) is 5.18. The van der Waals surface area contributed by atoms with Crippen LogP contribution in [0.15, 0.2) is 71.8 Å². The highest BCUT2D eigenvalue weighted by Crippen LogP contribution is 2.33. The van der Waals surface area contributed by atoms with Crippen LogP contribution in [-0.2, 0) is 16.1 Å². The van der Waals surface area contributed by atoms with Gasteiger partial charge in [-0.05, 0) is 48.2 Å². The molecule has 0 saturated heterocycles. The molecule has 0 radical (unpaired) electrons. The van der Waals surface area contributed by atoms with Crippen LogP contribution in [0.5, 0.6) is 11.5 Å². The Hall–Kier alpha value is -4.31. The van der Waals surface area contributed by atoms with Gasteiger partial charge in [0.25, 0.3) is 0 Å². The monoisotopic (exact) mass is 581 g/mol. The van der Waals surface area contributed by atoms with Crippen molar-refractivity contribution in [3.63, 3.8) is 0 Å². The molecule has 0 atom stereocenters. The zero-order valence-electron chi connectivity index (χ0n) is 22.1. The second kappa shape index (κ2) is 14.4. The molecule has 0 fully saturated rings. The van der Waals surface area contributed by atoms with E-state index in [9.17, 15) is 23.5 Å². The molecule has 0 unspecified atom stereocenters. The van der Waals surface area contributed by atoms with Gasteiger partial charge in [-0.3, -0.25) is 9.59 Å². The van der Waals surface area contributed by atoms with Gasteiger partial charge in [0.1, 0.15) is 12.3 Å². The van der Waals surface area contributed by atoms with E-state index in [2.05, 4.69) is 0 Å². The molecule has 1 aromatic heterocycles. The van der Waals surface area contributed by atoms with Gasteiger partial charge < -0.3 is 24.3 Å². The SMILES string of the molecule is O=C(O)CCSc1cn(CC(=O)O)c2c(/C=C/c3ccc(OCCCCOc4cccc(F)c4F)cc3)cccc12. The Morgan fingerprint density at radius 1 is 0.878 bits per heavy atom. The lowest BCUT2D eigenvalue weighted by Crippen LogP contribution is -2.07. The van der Waals surface area contributed by atoms with Crippen LogP contribution in [0.1, 0.15) is 30.4 Å². The van der Waals surface area contributed by atoms with Gasteiger partial charge in [0.05, 0.1) is 25.2 Å². The van der Waals surface area contributed by atoms with E-state index in [-0.39, 0.29) is 25.3 Å². The van der Waals surface area contributed by atoms with E-state index >= 15 is 0 Å². The number of ether oxygens (including phenoxy) is 2. The molecule has 0 aliphatic heterocycles. The predicted molar refractivity (Wildman–Crippen MR) is 155 cm³/mol. The van der Waals surface area contributed by atoms with Crippen molar-refractivity contribution in [2.75, 3.05) is 19.0 Å². The van der Waals surface area contributed by atoms with Crippen molar-refractivity contribution in [2.24, 2.45) is 0 Å². The van der Waals surface area contributed by atoms with E-state index in [1.54, 1.807) is 10.8 Å². The van der Waals surface area contributed by atoms with Gasteiger partial charge in [-0.1, -0.05) is 48.6 Å². The summed E-state index contributed by atoms with van der Waals surface area (Å²) in [4.78, 5) is 23.2. The molecule has 1 heterocycles. The zero-order chi connectivity index (χ0) is 29.2. The highest BCUT2D eigenvalue weighted by Gasteiger charge is 2.14. The summed E-state index contributed by atoms with van der Waals surface area (Å²) in [5.41, 5.74) is 2.54. The summed E-state index contributed by atoms with van der Waals surface area (Å²) in [6, 6.07) is 17.1. The number of carboxylic acid groups (broad SMARTS) is 2. The zero-order valence-corrected chi connectivity index (χ0v) is 22.9. The Morgan fingerprint density at radius 3 is 2.34 bits per heavy atom. The number of nitrogens with zero attached hydrogens (tertiary/aromatic N) is 1. The maximum atomic E-state index is 13.6. The quantitative estimate of drug-likeness (QED) is 0.0888. The van der Waals surface area contributed by atoms with Gasteiger partial charge in [0, 0.05) is 22.2 Å². The molecule has 0 aliphatic rings. The molecule has 41 heavy (non-hydrogen) atoms. The first-order chi connectivity index (χ1) is 19.8. The van der Waals surface area contributed by atoms with E-state index < -0.39 is 23.6 Å². The largest absolute Gasteiger partial charge is 0.494 e. The molecule has 3 aromatic carbocycles. The summed E-state index contributed by atoms with van der Waals surface area (Å²) >= 11 is 1.39. The number of hydrogen-bond acceptors (Lipinski definition) is 5. The van der Waals surface area contributed by atoms with Gasteiger partial charge in [0.2, 0.25) is 5.82 Å². The fraction of sp³-hybridized carbons (Fsp3) is 0.226. The van der Waals surface area contributed by atoms with Crippen LogP contribution in [0, 0.1) is 11.6 Å². The normalized spacial score (nSPS) is 11.3. The molecule has 4 aromatic rings. The minimum Gasteiger partial charge on any atom is -0.494 e. The van der Waals surface area contributed by atoms with Crippen molar-refractivity contribution in [1.82, 2.24) is 4.57 Å². The number of benzene rings is 3. The molecular formula is C31H29F2NO6S. The van der Waals surface area contributed by atoms with Crippen molar-refractivity contribution >= 4 is 46.8 Å². The lowest BCUT2D eigenvalue weighted by atomic mass is 10.1. The number of thioether (sulfide) groups is 1. The van der Waals surface area contributed by atoms with E-state index in [1.165, 1.54) is 23.9 Å². The number of unbranched alkanes of at least 4 members (excludes halogenated alkanes) is 1. The number of halogens is 2. The summed E-state index contributed by atoms with van der Waals surface area (Å²) in [7, 11) is 0. The molecule has 214 valence electrons. The van der Waals surface area contributed by atoms with Crippen LogP contribution in [0.2, 0.25) is 0 Å². The summed E-state index contributed by atoms with van der Waals surface area (Å²) in [6.07, 6.45) is 6.92. The third kappa shape index (κ3) is 8.34. The Morgan fingerprint density at radius 2 is 1.61 bits per heavy atom. The topological polar surface area (TPSA) is 98.0 Å². The minimum atomic E-state index is -0.986. The van der Waals surface area contributed by atoms with E-state index in [1.807, 2.05) is 54.6 Å². The average molecular weight is 582 g/mol. The van der Waals surface area contributed by atoms with E-state index in [4.69, 9.17) is 14.6 Å². The third-order valence-corrected chi connectivity index (χ3v) is 7.13. The summed E-state index contributed by atoms with van der Waals surface area (Å²) in [6.45, 7) is 0.485. The molecule has 0 spiro atoms. The molecular weight excluding hydrogens is 552 g/mol. The summed E-state index contributed by atoms with van der Waals surface area (Å²) < 4.78 is 39.6. The van der Waals surface area contributed by atoms with Gasteiger partial charge in [0.15, 0.2) is 11.6 Å². The number of fused-ring (bicyclic) bond motifs is 1. The Kier molecular flexibility index (Phi) is 10.4. The van der Waals surface area contributed by atoms with Crippen molar-refractivity contribution in [3.05, 3.63) is 89.6 Å². The fourth-order valence-electron chi connectivity index (χ4n) is 4.16. The lowest BCUT2D eigenvalue weighted by molar-refractivity contribution is -0.138. The molecule has 0 saturated carbocycles. The highest BCUT2D eigenvalue weighted by atomic mass is 32.2. The van der Waals surface area contributed by atoms with Gasteiger partial charge in [-0.25, -0.2) is 4.39 Å². The number of carboxylic acids is 2. The average Bonchev–Trinajstić information content (AvgIpc) is 3.29. The number of aromatic nitrogens is 1. The summed E-state index contributed by atoms with van der Waals surface area (Å²) in [5.74, 6) is -2.79. The van der Waals surface area contributed by atoms with Crippen LogP contribution in [0.4, 0.5) is 8.78 Å². The molecule has 4 rings (SSSR count). The van der Waals surface area contributed by atoms with Crippen molar-refractivity contribution < 1.29 is 38.1 Å². The first-order valence-electron chi connectivity index (χ1n) is 13.0. The number of aliphatic carboxylic acids is 2. The first-order valence-corrected chi connectivity index (χ1v) is 14.0. The molecule has 0 aliphatic carbocycles. The van der Waals surface area contributed by atoms with E-state index in [0.29, 0.717) is 31.0 Å². The standard InChI is InChI=1S/C31H29F2NO6S/c32-25-7-4-8-26(30(25)33)40-17-2-1-16-39-23-13-10-21(11-14-23)9-12-22-5-3-6-24-27(41-18-15-28(35)36)19-34(31(22)24)20-29(37)38/h3-14,19H,1-2,15-18,20H2,(H,35,36)(H,37,38)/b12-9+. The Bertz CT molecular complexity index is 1530. The second-order valence-corrected chi connectivity index (χ2v) is 10.2. The van der Waals surface area contributed by atoms with Gasteiger partial charge in [-0.15, -0.1) is 11.8 Å². The van der Waals surface area contributed by atoms with Crippen molar-refractivity contribution in [1.29, 1.82) is 0 Å². The van der Waals surface area contributed by atoms with Crippen LogP contribution >= 0.6 is 11.8 Å². The number of rotatable bonds is 15. The van der Waals surface area contributed by atoms with Crippen LogP contribution in [0.25, 0.3) is 23.1 Å². The number of para-hydroxylation sites is 1. The molecule has 2 N–H and O–H groups in total. The minimum absolute atomic E-state index is 0.0157. The smallest absolute Gasteiger partial charge is 0.323 e. The van der Waals surface area contributed by atoms with E-state index in [0.717, 1.165) is 33.0 Å². The van der Waals surface area contributed by atoms with Crippen molar-refractivity contribution in [2.45, 2.75) is 30.7 Å². The highest BCUT2D eigenvalue weighted by molar-refractivity contribution is 7.99. The summed E-state index contributed by atoms with van der Waals surface area (Å²) in [5, 5.41) is 19.2. The number of carbonyl (C=O) groups is 2. The van der Waals surface area contributed by atoms with Crippen LogP contribution in [-0.4, -0.2) is 45.7 Å². The second-order valence-electron chi connectivity index (χ2n) is 9.11. The molecule has 10 heteroatoms.